The van der Waals surface area contributed by atoms with Crippen molar-refractivity contribution in [2.75, 3.05) is 26.2 Å². The van der Waals surface area contributed by atoms with Crippen molar-refractivity contribution >= 4 is 6.03 Å². The molecular formula is C21H29F2N3O. The number of fused-ring (bicyclic) bond motifs is 1. The van der Waals surface area contributed by atoms with Crippen molar-refractivity contribution in [3.8, 4) is 0 Å². The zero-order valence-electron chi connectivity index (χ0n) is 15.9. The van der Waals surface area contributed by atoms with Gasteiger partial charge < -0.3 is 10.2 Å². The zero-order chi connectivity index (χ0) is 18.9. The molecule has 4 rings (SSSR count). The van der Waals surface area contributed by atoms with Gasteiger partial charge in [-0.05, 0) is 42.4 Å². The molecule has 0 radical (unpaired) electrons. The molecule has 0 atom stereocenters. The van der Waals surface area contributed by atoms with Crippen LogP contribution in [0.4, 0.5) is 13.6 Å². The summed E-state index contributed by atoms with van der Waals surface area (Å²) in [6.07, 6.45) is 5.74. The fraction of sp³-hybridized carbons (Fsp3) is 0.667. The SMILES string of the molecule is O=C(NCc1ccc2c(c1)CCN(C1CCC1)CC2)N1CCC(F)(F)CC1. The number of carbonyl (C=O) groups is 1. The minimum absolute atomic E-state index is 0.125. The molecule has 1 saturated heterocycles. The Morgan fingerprint density at radius 2 is 1.78 bits per heavy atom. The van der Waals surface area contributed by atoms with Crippen molar-refractivity contribution in [1.29, 1.82) is 0 Å². The fourth-order valence-electron chi connectivity index (χ4n) is 4.35. The van der Waals surface area contributed by atoms with Gasteiger partial charge in [0.05, 0.1) is 0 Å². The van der Waals surface area contributed by atoms with Crippen LogP contribution in [0, 0.1) is 0 Å². The fourth-order valence-corrected chi connectivity index (χ4v) is 4.35. The van der Waals surface area contributed by atoms with E-state index >= 15 is 0 Å². The summed E-state index contributed by atoms with van der Waals surface area (Å²) < 4.78 is 26.5. The molecule has 27 heavy (non-hydrogen) atoms. The molecule has 0 spiro atoms. The van der Waals surface area contributed by atoms with Crippen LogP contribution in [-0.2, 0) is 19.4 Å². The van der Waals surface area contributed by atoms with Crippen LogP contribution >= 0.6 is 0 Å². The number of urea groups is 1. The largest absolute Gasteiger partial charge is 0.334 e. The predicted octanol–water partition coefficient (Wildman–Crippen LogP) is 3.58. The highest BCUT2D eigenvalue weighted by molar-refractivity contribution is 5.74. The molecular weight excluding hydrogens is 348 g/mol. The third kappa shape index (κ3) is 4.42. The van der Waals surface area contributed by atoms with E-state index in [0.29, 0.717) is 6.54 Å². The molecule has 1 aliphatic carbocycles. The first-order valence-corrected chi connectivity index (χ1v) is 10.3. The monoisotopic (exact) mass is 377 g/mol. The molecule has 4 nitrogen and oxygen atoms in total. The van der Waals surface area contributed by atoms with Gasteiger partial charge in [-0.3, -0.25) is 4.90 Å². The van der Waals surface area contributed by atoms with E-state index in [1.807, 2.05) is 0 Å². The normalized spacial score (nSPS) is 23.3. The molecule has 1 N–H and O–H groups in total. The number of hydrogen-bond acceptors (Lipinski definition) is 2. The molecule has 0 bridgehead atoms. The van der Waals surface area contributed by atoms with Gasteiger partial charge in [0.25, 0.3) is 5.92 Å². The summed E-state index contributed by atoms with van der Waals surface area (Å²) in [5.74, 6) is -2.62. The average Bonchev–Trinajstić information content (AvgIpc) is 2.81. The van der Waals surface area contributed by atoms with Crippen LogP contribution in [0.2, 0.25) is 0 Å². The van der Waals surface area contributed by atoms with Crippen molar-refractivity contribution in [3.05, 3.63) is 34.9 Å². The zero-order valence-corrected chi connectivity index (χ0v) is 15.9. The van der Waals surface area contributed by atoms with E-state index in [4.69, 9.17) is 0 Å². The Hall–Kier alpha value is -1.69. The lowest BCUT2D eigenvalue weighted by atomic mass is 9.91. The van der Waals surface area contributed by atoms with Gasteiger partial charge in [-0.1, -0.05) is 24.6 Å². The first-order chi connectivity index (χ1) is 13.0. The van der Waals surface area contributed by atoms with Gasteiger partial charge in [0.15, 0.2) is 0 Å². The second kappa shape index (κ2) is 7.74. The van der Waals surface area contributed by atoms with Gasteiger partial charge >= 0.3 is 6.03 Å². The van der Waals surface area contributed by atoms with Crippen LogP contribution in [-0.4, -0.2) is 54.0 Å². The second-order valence-corrected chi connectivity index (χ2v) is 8.23. The summed E-state index contributed by atoms with van der Waals surface area (Å²) in [6, 6.07) is 7.04. The molecule has 2 amide bonds. The number of alkyl halides is 2. The Bertz CT molecular complexity index is 680. The minimum atomic E-state index is -2.62. The molecule has 0 unspecified atom stereocenters. The number of nitrogens with one attached hydrogen (secondary N) is 1. The van der Waals surface area contributed by atoms with Crippen molar-refractivity contribution in [3.63, 3.8) is 0 Å². The van der Waals surface area contributed by atoms with Gasteiger partial charge in [0.2, 0.25) is 0 Å². The summed E-state index contributed by atoms with van der Waals surface area (Å²) in [5, 5.41) is 2.90. The molecule has 2 heterocycles. The summed E-state index contributed by atoms with van der Waals surface area (Å²) >= 11 is 0. The maximum absolute atomic E-state index is 13.2. The van der Waals surface area contributed by atoms with E-state index < -0.39 is 5.92 Å². The summed E-state index contributed by atoms with van der Waals surface area (Å²) in [4.78, 5) is 16.4. The van der Waals surface area contributed by atoms with Crippen LogP contribution in [0.3, 0.4) is 0 Å². The highest BCUT2D eigenvalue weighted by Crippen LogP contribution is 2.28. The average molecular weight is 377 g/mol. The molecule has 1 aromatic rings. The predicted molar refractivity (Wildman–Crippen MR) is 101 cm³/mol. The van der Waals surface area contributed by atoms with Crippen molar-refractivity contribution < 1.29 is 13.6 Å². The molecule has 1 saturated carbocycles. The number of piperidine rings is 1. The minimum Gasteiger partial charge on any atom is -0.334 e. The maximum Gasteiger partial charge on any atom is 0.317 e. The van der Waals surface area contributed by atoms with E-state index in [9.17, 15) is 13.6 Å². The van der Waals surface area contributed by atoms with Gasteiger partial charge in [-0.15, -0.1) is 0 Å². The molecule has 1 aromatic carbocycles. The Morgan fingerprint density at radius 1 is 1.07 bits per heavy atom. The number of halogens is 2. The van der Waals surface area contributed by atoms with E-state index in [1.54, 1.807) is 0 Å². The van der Waals surface area contributed by atoms with E-state index in [2.05, 4.69) is 28.4 Å². The lowest BCUT2D eigenvalue weighted by molar-refractivity contribution is -0.0469. The Kier molecular flexibility index (Phi) is 5.35. The standard InChI is InChI=1S/C21H29F2N3O/c22-21(23)8-12-26(13-9-21)20(27)24-15-16-4-5-17-6-10-25(19-2-1-3-19)11-7-18(17)14-16/h4-5,14,19H,1-3,6-13,15H2,(H,24,27). The quantitative estimate of drug-likeness (QED) is 0.874. The van der Waals surface area contributed by atoms with Crippen LogP contribution in [0.25, 0.3) is 0 Å². The summed E-state index contributed by atoms with van der Waals surface area (Å²) in [6.45, 7) is 2.97. The first kappa shape index (κ1) is 18.7. The van der Waals surface area contributed by atoms with Crippen LogP contribution in [0.1, 0.15) is 48.8 Å². The van der Waals surface area contributed by atoms with Crippen LogP contribution < -0.4 is 5.32 Å². The highest BCUT2D eigenvalue weighted by atomic mass is 19.3. The first-order valence-electron chi connectivity index (χ1n) is 10.3. The summed E-state index contributed by atoms with van der Waals surface area (Å²) in [7, 11) is 0. The van der Waals surface area contributed by atoms with Gasteiger partial charge in [0.1, 0.15) is 0 Å². The van der Waals surface area contributed by atoms with Crippen molar-refractivity contribution in [2.45, 2.75) is 63.5 Å². The smallest absolute Gasteiger partial charge is 0.317 e. The molecule has 3 aliphatic rings. The lowest BCUT2D eigenvalue weighted by Crippen LogP contribution is -2.47. The molecule has 2 fully saturated rings. The molecule has 6 heteroatoms. The van der Waals surface area contributed by atoms with Crippen LogP contribution in [0.5, 0.6) is 0 Å². The van der Waals surface area contributed by atoms with E-state index in [1.165, 1.54) is 35.3 Å². The van der Waals surface area contributed by atoms with E-state index in [0.717, 1.165) is 37.5 Å². The number of rotatable bonds is 3. The topological polar surface area (TPSA) is 35.6 Å². The van der Waals surface area contributed by atoms with E-state index in [-0.39, 0.29) is 32.0 Å². The van der Waals surface area contributed by atoms with Crippen molar-refractivity contribution in [1.82, 2.24) is 15.1 Å². The number of amides is 2. The molecule has 0 aromatic heterocycles. The van der Waals surface area contributed by atoms with Crippen molar-refractivity contribution in [2.24, 2.45) is 0 Å². The Morgan fingerprint density at radius 3 is 2.44 bits per heavy atom. The molecule has 148 valence electrons. The number of likely N-dealkylation sites (tertiary alicyclic amines) is 1. The number of carbonyl (C=O) groups excluding carboxylic acids is 1. The number of benzene rings is 1. The number of nitrogens with zero attached hydrogens (tertiary/aromatic N) is 2. The number of hydrogen-bond donors (Lipinski definition) is 1. The summed E-state index contributed by atoms with van der Waals surface area (Å²) in [5.41, 5.74) is 3.90. The third-order valence-electron chi connectivity index (χ3n) is 6.42. The maximum atomic E-state index is 13.2. The third-order valence-corrected chi connectivity index (χ3v) is 6.42. The highest BCUT2D eigenvalue weighted by Gasteiger charge is 2.35. The molecule has 2 aliphatic heterocycles. The van der Waals surface area contributed by atoms with Gasteiger partial charge in [-0.25, -0.2) is 13.6 Å². The second-order valence-electron chi connectivity index (χ2n) is 8.23. The lowest BCUT2D eigenvalue weighted by Gasteiger charge is -2.36. The van der Waals surface area contributed by atoms with Gasteiger partial charge in [-0.2, -0.15) is 0 Å². The van der Waals surface area contributed by atoms with Gasteiger partial charge in [0, 0.05) is 51.6 Å². The Labute approximate surface area is 159 Å². The Balaban J connectivity index is 1.30. The van der Waals surface area contributed by atoms with Crippen LogP contribution in [0.15, 0.2) is 18.2 Å².